The van der Waals surface area contributed by atoms with Crippen LogP contribution in [-0.2, 0) is 6.18 Å². The van der Waals surface area contributed by atoms with Gasteiger partial charge in [-0.05, 0) is 13.0 Å². The SMILES string of the molecule is CC#CCOc1ccc([N+](=O)[O-])cc1C(F)(F)F. The summed E-state index contributed by atoms with van der Waals surface area (Å²) in [7, 11) is 0. The van der Waals surface area contributed by atoms with E-state index in [1.54, 1.807) is 0 Å². The van der Waals surface area contributed by atoms with Crippen LogP contribution in [0.5, 0.6) is 5.75 Å². The van der Waals surface area contributed by atoms with E-state index in [-0.39, 0.29) is 6.61 Å². The van der Waals surface area contributed by atoms with E-state index in [1.807, 2.05) is 0 Å². The molecule has 0 radical (unpaired) electrons. The third kappa shape index (κ3) is 3.38. The van der Waals surface area contributed by atoms with E-state index in [2.05, 4.69) is 11.8 Å². The monoisotopic (exact) mass is 259 g/mol. The Kier molecular flexibility index (Phi) is 4.15. The van der Waals surface area contributed by atoms with E-state index < -0.39 is 28.1 Å². The average Bonchev–Trinajstić information content (AvgIpc) is 2.28. The van der Waals surface area contributed by atoms with Gasteiger partial charge in [-0.25, -0.2) is 0 Å². The van der Waals surface area contributed by atoms with Crippen LogP contribution in [0.2, 0.25) is 0 Å². The van der Waals surface area contributed by atoms with Crippen LogP contribution in [0.1, 0.15) is 12.5 Å². The van der Waals surface area contributed by atoms with Crippen LogP contribution in [-0.4, -0.2) is 11.5 Å². The Morgan fingerprint density at radius 2 is 2.11 bits per heavy atom. The van der Waals surface area contributed by atoms with Gasteiger partial charge < -0.3 is 4.74 Å². The van der Waals surface area contributed by atoms with Crippen molar-refractivity contribution in [2.75, 3.05) is 6.61 Å². The first kappa shape index (κ1) is 13.8. The zero-order valence-electron chi connectivity index (χ0n) is 9.25. The predicted molar refractivity (Wildman–Crippen MR) is 57.0 cm³/mol. The van der Waals surface area contributed by atoms with Crippen molar-refractivity contribution in [3.05, 3.63) is 33.9 Å². The number of halogens is 3. The smallest absolute Gasteiger partial charge is 0.420 e. The van der Waals surface area contributed by atoms with Crippen LogP contribution in [0, 0.1) is 22.0 Å². The molecular formula is C11H8F3NO3. The molecular weight excluding hydrogens is 251 g/mol. The molecule has 0 bridgehead atoms. The predicted octanol–water partition coefficient (Wildman–Crippen LogP) is 3.02. The molecule has 0 heterocycles. The zero-order chi connectivity index (χ0) is 13.8. The van der Waals surface area contributed by atoms with Gasteiger partial charge in [-0.1, -0.05) is 5.92 Å². The fraction of sp³-hybridized carbons (Fsp3) is 0.273. The summed E-state index contributed by atoms with van der Waals surface area (Å²) in [6.07, 6.45) is -4.72. The second kappa shape index (κ2) is 5.40. The van der Waals surface area contributed by atoms with Crippen molar-refractivity contribution in [3.8, 4) is 17.6 Å². The van der Waals surface area contributed by atoms with Crippen LogP contribution in [0.3, 0.4) is 0 Å². The van der Waals surface area contributed by atoms with Crippen LogP contribution in [0.15, 0.2) is 18.2 Å². The molecule has 1 aromatic rings. The second-order valence-electron chi connectivity index (χ2n) is 3.15. The van der Waals surface area contributed by atoms with Gasteiger partial charge in [-0.3, -0.25) is 10.1 Å². The number of ether oxygens (including phenoxy) is 1. The minimum absolute atomic E-state index is 0.211. The third-order valence-corrected chi connectivity index (χ3v) is 1.96. The van der Waals surface area contributed by atoms with Gasteiger partial charge in [0.1, 0.15) is 17.9 Å². The molecule has 0 N–H and O–H groups in total. The molecule has 0 unspecified atom stereocenters. The first-order valence-electron chi connectivity index (χ1n) is 4.74. The molecule has 0 saturated heterocycles. The summed E-state index contributed by atoms with van der Waals surface area (Å²) in [4.78, 5) is 9.53. The molecule has 1 aromatic carbocycles. The first-order chi connectivity index (χ1) is 8.36. The van der Waals surface area contributed by atoms with E-state index in [0.29, 0.717) is 6.07 Å². The summed E-state index contributed by atoms with van der Waals surface area (Å²) in [5.41, 5.74) is -1.83. The highest BCUT2D eigenvalue weighted by Crippen LogP contribution is 2.38. The Balaban J connectivity index is 3.16. The highest BCUT2D eigenvalue weighted by molar-refractivity contribution is 5.45. The molecule has 4 nitrogen and oxygen atoms in total. The van der Waals surface area contributed by atoms with Crippen molar-refractivity contribution in [2.24, 2.45) is 0 Å². The van der Waals surface area contributed by atoms with Gasteiger partial charge >= 0.3 is 6.18 Å². The summed E-state index contributed by atoms with van der Waals surface area (Å²) < 4.78 is 42.8. The molecule has 0 aromatic heterocycles. The Bertz CT molecular complexity index is 514. The summed E-state index contributed by atoms with van der Waals surface area (Å²) in [5.74, 6) is 4.42. The van der Waals surface area contributed by atoms with E-state index in [4.69, 9.17) is 4.74 Å². The summed E-state index contributed by atoms with van der Waals surface area (Å²) in [5, 5.41) is 10.4. The van der Waals surface area contributed by atoms with Crippen molar-refractivity contribution in [1.29, 1.82) is 0 Å². The summed E-state index contributed by atoms with van der Waals surface area (Å²) in [6.45, 7) is 1.31. The molecule has 0 amide bonds. The molecule has 0 aliphatic rings. The maximum absolute atomic E-state index is 12.7. The minimum Gasteiger partial charge on any atom is -0.480 e. The van der Waals surface area contributed by atoms with Crippen LogP contribution in [0.4, 0.5) is 18.9 Å². The molecule has 0 aliphatic carbocycles. The number of benzene rings is 1. The van der Waals surface area contributed by atoms with Crippen molar-refractivity contribution in [1.82, 2.24) is 0 Å². The standard InChI is InChI=1S/C11H8F3NO3/c1-2-3-6-18-10-5-4-8(15(16)17)7-9(10)11(12,13)14/h4-5,7H,6H2,1H3. The normalized spacial score (nSPS) is 10.4. The van der Waals surface area contributed by atoms with Gasteiger partial charge in [0.05, 0.1) is 4.92 Å². The molecule has 0 aliphatic heterocycles. The summed E-state index contributed by atoms with van der Waals surface area (Å²) >= 11 is 0. The van der Waals surface area contributed by atoms with Gasteiger partial charge in [0.2, 0.25) is 0 Å². The van der Waals surface area contributed by atoms with Gasteiger partial charge in [-0.2, -0.15) is 13.2 Å². The number of alkyl halides is 3. The van der Waals surface area contributed by atoms with Gasteiger partial charge in [0, 0.05) is 12.1 Å². The molecule has 0 atom stereocenters. The quantitative estimate of drug-likeness (QED) is 0.476. The molecule has 0 fully saturated rings. The Labute approximate surface area is 101 Å². The summed E-state index contributed by atoms with van der Waals surface area (Å²) in [6, 6.07) is 2.30. The minimum atomic E-state index is -4.72. The fourth-order valence-electron chi connectivity index (χ4n) is 1.16. The van der Waals surface area contributed by atoms with Gasteiger partial charge in [0.15, 0.2) is 0 Å². The fourth-order valence-corrected chi connectivity index (χ4v) is 1.16. The number of nitro groups is 1. The Morgan fingerprint density at radius 3 is 2.61 bits per heavy atom. The van der Waals surface area contributed by atoms with Crippen molar-refractivity contribution >= 4 is 5.69 Å². The third-order valence-electron chi connectivity index (χ3n) is 1.96. The maximum Gasteiger partial charge on any atom is 0.420 e. The van der Waals surface area contributed by atoms with E-state index in [1.165, 1.54) is 6.92 Å². The second-order valence-corrected chi connectivity index (χ2v) is 3.15. The lowest BCUT2D eigenvalue weighted by Crippen LogP contribution is -2.09. The average molecular weight is 259 g/mol. The molecule has 7 heteroatoms. The lowest BCUT2D eigenvalue weighted by Gasteiger charge is -2.12. The topological polar surface area (TPSA) is 52.4 Å². The lowest BCUT2D eigenvalue weighted by atomic mass is 10.1. The molecule has 18 heavy (non-hydrogen) atoms. The molecule has 96 valence electrons. The lowest BCUT2D eigenvalue weighted by molar-refractivity contribution is -0.385. The number of nitrogens with zero attached hydrogens (tertiary/aromatic N) is 1. The van der Waals surface area contributed by atoms with Crippen molar-refractivity contribution in [2.45, 2.75) is 13.1 Å². The molecule has 1 rings (SSSR count). The van der Waals surface area contributed by atoms with Gasteiger partial charge in [0.25, 0.3) is 5.69 Å². The van der Waals surface area contributed by atoms with Crippen LogP contribution in [0.25, 0.3) is 0 Å². The number of nitro benzene ring substituents is 1. The van der Waals surface area contributed by atoms with Crippen molar-refractivity contribution < 1.29 is 22.8 Å². The maximum atomic E-state index is 12.7. The zero-order valence-corrected chi connectivity index (χ0v) is 9.25. The molecule has 0 spiro atoms. The van der Waals surface area contributed by atoms with E-state index >= 15 is 0 Å². The number of non-ortho nitro benzene ring substituents is 1. The molecule has 0 saturated carbocycles. The Hall–Kier alpha value is -2.23. The van der Waals surface area contributed by atoms with Gasteiger partial charge in [-0.15, -0.1) is 5.92 Å². The van der Waals surface area contributed by atoms with E-state index in [0.717, 1.165) is 12.1 Å². The van der Waals surface area contributed by atoms with Crippen LogP contribution < -0.4 is 4.74 Å². The van der Waals surface area contributed by atoms with Crippen LogP contribution >= 0.6 is 0 Å². The number of rotatable bonds is 3. The number of hydrogen-bond acceptors (Lipinski definition) is 3. The van der Waals surface area contributed by atoms with E-state index in [9.17, 15) is 23.3 Å². The first-order valence-corrected chi connectivity index (χ1v) is 4.74. The Morgan fingerprint density at radius 1 is 1.44 bits per heavy atom. The van der Waals surface area contributed by atoms with Crippen molar-refractivity contribution in [3.63, 3.8) is 0 Å². The number of hydrogen-bond donors (Lipinski definition) is 0. The highest BCUT2D eigenvalue weighted by Gasteiger charge is 2.36. The highest BCUT2D eigenvalue weighted by atomic mass is 19.4. The largest absolute Gasteiger partial charge is 0.480 e.